The number of hydrogen-bond donors (Lipinski definition) is 0. The number of morpholine rings is 1. The summed E-state index contributed by atoms with van der Waals surface area (Å²) in [5.74, 6) is 0. The summed E-state index contributed by atoms with van der Waals surface area (Å²) in [5.41, 5.74) is 2.75. The van der Waals surface area contributed by atoms with Crippen molar-refractivity contribution < 1.29 is 18.1 Å². The summed E-state index contributed by atoms with van der Waals surface area (Å²) in [4.78, 5) is 20.5. The molecule has 0 unspecified atom stereocenters. The maximum Gasteiger partial charge on any atom is 0.270 e. The number of anilines is 2. The van der Waals surface area contributed by atoms with Crippen LogP contribution in [-0.4, -0.2) is 75.8 Å². The third-order valence-electron chi connectivity index (χ3n) is 8.21. The zero-order chi connectivity index (χ0) is 28.1. The second-order valence-corrected chi connectivity index (χ2v) is 12.6. The van der Waals surface area contributed by atoms with Crippen LogP contribution in [0.4, 0.5) is 22.7 Å². The SMILES string of the molecule is CC[C@@H]1CCCCN1c1ccc([N+](=O)[O-])cc1C=Nc1ccc(N2CCOCC2)c(S(=O)(=O)N2CCCCC2)c1. The molecule has 0 N–H and O–H groups in total. The molecule has 3 aliphatic heterocycles. The fourth-order valence-electron chi connectivity index (χ4n) is 6.01. The summed E-state index contributed by atoms with van der Waals surface area (Å²) < 4.78 is 34.8. The van der Waals surface area contributed by atoms with Crippen LogP contribution in [0.25, 0.3) is 0 Å². The molecule has 1 atom stereocenters. The molecule has 3 fully saturated rings. The Morgan fingerprint density at radius 1 is 0.975 bits per heavy atom. The van der Waals surface area contributed by atoms with Gasteiger partial charge in [-0.15, -0.1) is 0 Å². The maximum atomic E-state index is 13.9. The number of piperidine rings is 2. The number of nitro benzene ring substituents is 1. The molecule has 2 aromatic rings. The van der Waals surface area contributed by atoms with E-state index in [-0.39, 0.29) is 10.6 Å². The molecule has 0 bridgehead atoms. The predicted molar refractivity (Wildman–Crippen MR) is 158 cm³/mol. The van der Waals surface area contributed by atoms with Crippen LogP contribution in [0.2, 0.25) is 0 Å². The molecule has 0 amide bonds. The highest BCUT2D eigenvalue weighted by Crippen LogP contribution is 2.35. The molecule has 5 rings (SSSR count). The topological polar surface area (TPSA) is 109 Å². The van der Waals surface area contributed by atoms with E-state index in [1.807, 2.05) is 18.2 Å². The van der Waals surface area contributed by atoms with Crippen molar-refractivity contribution >= 4 is 39.0 Å². The Kier molecular flexibility index (Phi) is 9.02. The Bertz CT molecular complexity index is 1340. The molecule has 0 spiro atoms. The summed E-state index contributed by atoms with van der Waals surface area (Å²) in [5, 5.41) is 11.6. The quantitative estimate of drug-likeness (QED) is 0.246. The van der Waals surface area contributed by atoms with Crippen LogP contribution in [0, 0.1) is 10.1 Å². The van der Waals surface area contributed by atoms with Gasteiger partial charge in [0.05, 0.1) is 29.5 Å². The predicted octanol–water partition coefficient (Wildman–Crippen LogP) is 5.13. The highest BCUT2D eigenvalue weighted by molar-refractivity contribution is 7.89. The van der Waals surface area contributed by atoms with E-state index >= 15 is 0 Å². The van der Waals surface area contributed by atoms with Crippen LogP contribution in [0.3, 0.4) is 0 Å². The lowest BCUT2D eigenvalue weighted by Gasteiger charge is -2.38. The summed E-state index contributed by atoms with van der Waals surface area (Å²) in [6, 6.07) is 10.6. The van der Waals surface area contributed by atoms with E-state index in [0.717, 1.165) is 50.8 Å². The van der Waals surface area contributed by atoms with Gasteiger partial charge in [0.15, 0.2) is 0 Å². The molecule has 0 saturated carbocycles. The molecule has 2 aromatic carbocycles. The van der Waals surface area contributed by atoms with E-state index in [4.69, 9.17) is 4.74 Å². The van der Waals surface area contributed by atoms with Gasteiger partial charge in [0.1, 0.15) is 4.90 Å². The molecule has 3 heterocycles. The lowest BCUT2D eigenvalue weighted by molar-refractivity contribution is -0.384. The minimum absolute atomic E-state index is 0.00582. The van der Waals surface area contributed by atoms with Crippen LogP contribution in [0.5, 0.6) is 0 Å². The largest absolute Gasteiger partial charge is 0.378 e. The lowest BCUT2D eigenvalue weighted by Crippen LogP contribution is -2.39. The number of non-ortho nitro benzene ring substituents is 1. The van der Waals surface area contributed by atoms with Gasteiger partial charge >= 0.3 is 0 Å². The first kappa shape index (κ1) is 28.5. The minimum Gasteiger partial charge on any atom is -0.378 e. The normalized spacial score (nSPS) is 21.2. The number of hydrogen-bond acceptors (Lipinski definition) is 8. The zero-order valence-corrected chi connectivity index (χ0v) is 24.0. The van der Waals surface area contributed by atoms with Crippen molar-refractivity contribution in [1.29, 1.82) is 0 Å². The first-order chi connectivity index (χ1) is 19.4. The molecule has 216 valence electrons. The van der Waals surface area contributed by atoms with Gasteiger partial charge < -0.3 is 14.5 Å². The second-order valence-electron chi connectivity index (χ2n) is 10.7. The number of nitrogens with zero attached hydrogens (tertiary/aromatic N) is 5. The standard InChI is InChI=1S/C29H39N5O5S/c1-2-25-8-4-7-15-33(25)27-12-10-26(34(35)36)20-23(27)22-30-24-9-11-28(31-16-18-39-19-17-31)29(21-24)40(37,38)32-13-5-3-6-14-32/h9-12,20-22,25H,2-8,13-19H2,1H3/t25-/m1/s1. The summed E-state index contributed by atoms with van der Waals surface area (Å²) in [6.07, 6.45) is 8.72. The van der Waals surface area contributed by atoms with Crippen molar-refractivity contribution in [2.45, 2.75) is 62.8 Å². The molecule has 0 aromatic heterocycles. The first-order valence-electron chi connectivity index (χ1n) is 14.4. The van der Waals surface area contributed by atoms with Crippen LogP contribution in [-0.2, 0) is 14.8 Å². The Labute approximate surface area is 236 Å². The Balaban J connectivity index is 1.53. The smallest absolute Gasteiger partial charge is 0.270 e. The molecule has 3 aliphatic rings. The van der Waals surface area contributed by atoms with Crippen molar-refractivity contribution in [3.8, 4) is 0 Å². The first-order valence-corrected chi connectivity index (χ1v) is 15.9. The number of aliphatic imine (C=N–C) groups is 1. The molecule has 40 heavy (non-hydrogen) atoms. The third-order valence-corrected chi connectivity index (χ3v) is 10.1. The van der Waals surface area contributed by atoms with E-state index in [9.17, 15) is 18.5 Å². The number of benzene rings is 2. The second kappa shape index (κ2) is 12.7. The lowest BCUT2D eigenvalue weighted by atomic mass is 9.98. The van der Waals surface area contributed by atoms with Crippen LogP contribution < -0.4 is 9.80 Å². The van der Waals surface area contributed by atoms with E-state index < -0.39 is 14.9 Å². The number of sulfonamides is 1. The van der Waals surface area contributed by atoms with Crippen LogP contribution in [0.15, 0.2) is 46.3 Å². The van der Waals surface area contributed by atoms with E-state index in [0.29, 0.717) is 62.4 Å². The number of ether oxygens (including phenoxy) is 1. The van der Waals surface area contributed by atoms with Crippen LogP contribution >= 0.6 is 0 Å². The summed E-state index contributed by atoms with van der Waals surface area (Å²) in [6.45, 7) is 6.44. The van der Waals surface area contributed by atoms with Gasteiger partial charge in [0.25, 0.3) is 5.69 Å². The molecule has 10 nitrogen and oxygen atoms in total. The van der Waals surface area contributed by atoms with Crippen molar-refractivity contribution in [2.75, 3.05) is 55.7 Å². The van der Waals surface area contributed by atoms with Gasteiger partial charge in [-0.3, -0.25) is 15.1 Å². The summed E-state index contributed by atoms with van der Waals surface area (Å²) >= 11 is 0. The fourth-order valence-corrected chi connectivity index (χ4v) is 7.75. The monoisotopic (exact) mass is 569 g/mol. The van der Waals surface area contributed by atoms with E-state index in [2.05, 4.69) is 21.7 Å². The molecule has 0 radical (unpaired) electrons. The maximum absolute atomic E-state index is 13.9. The van der Waals surface area contributed by atoms with Crippen molar-refractivity contribution in [1.82, 2.24) is 4.31 Å². The van der Waals surface area contributed by atoms with E-state index in [1.54, 1.807) is 28.7 Å². The Morgan fingerprint density at radius 2 is 1.70 bits per heavy atom. The number of nitro groups is 1. The van der Waals surface area contributed by atoms with Crippen LogP contribution in [0.1, 0.15) is 57.4 Å². The fraction of sp³-hybridized carbons (Fsp3) is 0.552. The molecule has 0 aliphatic carbocycles. The zero-order valence-electron chi connectivity index (χ0n) is 23.2. The highest BCUT2D eigenvalue weighted by Gasteiger charge is 2.31. The molecular formula is C29H39N5O5S. The molecular weight excluding hydrogens is 530 g/mol. The van der Waals surface area contributed by atoms with Crippen molar-refractivity contribution in [2.24, 2.45) is 4.99 Å². The Morgan fingerprint density at radius 3 is 2.42 bits per heavy atom. The van der Waals surface area contributed by atoms with Gasteiger partial charge in [-0.2, -0.15) is 4.31 Å². The third kappa shape index (κ3) is 6.16. The van der Waals surface area contributed by atoms with Crippen molar-refractivity contribution in [3.05, 3.63) is 52.1 Å². The van der Waals surface area contributed by atoms with Crippen molar-refractivity contribution in [3.63, 3.8) is 0 Å². The highest BCUT2D eigenvalue weighted by atomic mass is 32.2. The van der Waals surface area contributed by atoms with E-state index in [1.165, 1.54) is 6.42 Å². The average molecular weight is 570 g/mol. The van der Waals surface area contributed by atoms with Gasteiger partial charge in [0, 0.05) is 68.4 Å². The summed E-state index contributed by atoms with van der Waals surface area (Å²) in [7, 11) is -3.72. The Hall–Kier alpha value is -3.02. The minimum atomic E-state index is -3.72. The molecule has 11 heteroatoms. The van der Waals surface area contributed by atoms with Gasteiger partial charge in [-0.25, -0.2) is 8.42 Å². The van der Waals surface area contributed by atoms with Gasteiger partial charge in [-0.1, -0.05) is 13.3 Å². The van der Waals surface area contributed by atoms with Gasteiger partial charge in [-0.05, 0) is 62.8 Å². The molecule has 3 saturated heterocycles. The van der Waals surface area contributed by atoms with Gasteiger partial charge in [0.2, 0.25) is 10.0 Å². The number of rotatable bonds is 8. The average Bonchev–Trinajstić information content (AvgIpc) is 3.00.